The molecule has 0 spiro atoms. The molecule has 1 aliphatic heterocycles. The summed E-state index contributed by atoms with van der Waals surface area (Å²) in [5.41, 5.74) is 8.08. The second-order valence-electron chi connectivity index (χ2n) is 3.95. The van der Waals surface area contributed by atoms with Crippen molar-refractivity contribution in [3.63, 3.8) is 0 Å². The van der Waals surface area contributed by atoms with Crippen molar-refractivity contribution in [3.8, 4) is 17.6 Å². The first-order valence-corrected chi connectivity index (χ1v) is 5.78. The first-order valence-electron chi connectivity index (χ1n) is 5.78. The van der Waals surface area contributed by atoms with Gasteiger partial charge in [-0.05, 0) is 6.08 Å². The largest absolute Gasteiger partial charge is 0.493 e. The molecule has 0 fully saturated rings. The number of ether oxygens (including phenoxy) is 2. The number of nitrogens with two attached hydrogens (primary N) is 1. The lowest BCUT2D eigenvalue weighted by Gasteiger charge is -2.19. The first kappa shape index (κ1) is 12.8. The Hall–Kier alpha value is -2.61. The summed E-state index contributed by atoms with van der Waals surface area (Å²) in [4.78, 5) is 0. The van der Waals surface area contributed by atoms with Crippen LogP contribution in [0, 0.1) is 11.3 Å². The Morgan fingerprint density at radius 1 is 1.37 bits per heavy atom. The molecule has 5 nitrogen and oxygen atoms in total. The van der Waals surface area contributed by atoms with Crippen molar-refractivity contribution in [3.05, 3.63) is 35.4 Å². The normalized spacial score (nSPS) is 13.2. The van der Waals surface area contributed by atoms with Crippen LogP contribution < -0.4 is 20.5 Å². The van der Waals surface area contributed by atoms with E-state index < -0.39 is 0 Å². The van der Waals surface area contributed by atoms with E-state index in [9.17, 15) is 5.26 Å². The predicted molar refractivity (Wildman–Crippen MR) is 73.8 cm³/mol. The fourth-order valence-corrected chi connectivity index (χ4v) is 2.02. The molecule has 0 amide bonds. The van der Waals surface area contributed by atoms with E-state index in [4.69, 9.17) is 15.2 Å². The predicted octanol–water partition coefficient (Wildman–Crippen LogP) is 1.66. The summed E-state index contributed by atoms with van der Waals surface area (Å²) in [6, 6.07) is 3.72. The molecule has 19 heavy (non-hydrogen) atoms. The molecule has 0 aliphatic carbocycles. The standard InChI is InChI=1S/C14H15N3O2/c1-18-12-7-10(16)9(8-15)13(14(12)19-2)11-5-3-4-6-17-11/h3-5,7,17H,6,16H2,1-2H3. The number of anilines is 1. The fourth-order valence-electron chi connectivity index (χ4n) is 2.02. The number of dihydropyridines is 1. The number of methoxy groups -OCH3 is 2. The Balaban J connectivity index is 2.74. The second-order valence-corrected chi connectivity index (χ2v) is 3.95. The van der Waals surface area contributed by atoms with Gasteiger partial charge in [0.2, 0.25) is 0 Å². The number of nitrogens with one attached hydrogen (secondary N) is 1. The van der Waals surface area contributed by atoms with Crippen molar-refractivity contribution in [2.45, 2.75) is 0 Å². The summed E-state index contributed by atoms with van der Waals surface area (Å²) in [6.45, 7) is 0.691. The minimum atomic E-state index is 0.368. The van der Waals surface area contributed by atoms with E-state index in [1.807, 2.05) is 18.2 Å². The van der Waals surface area contributed by atoms with Crippen molar-refractivity contribution in [1.29, 1.82) is 5.26 Å². The third-order valence-electron chi connectivity index (χ3n) is 2.89. The average Bonchev–Trinajstić information content (AvgIpc) is 2.46. The van der Waals surface area contributed by atoms with Crippen LogP contribution in [0.15, 0.2) is 24.3 Å². The molecule has 0 aromatic heterocycles. The van der Waals surface area contributed by atoms with Gasteiger partial charge in [-0.1, -0.05) is 12.2 Å². The van der Waals surface area contributed by atoms with Gasteiger partial charge in [-0.3, -0.25) is 0 Å². The average molecular weight is 257 g/mol. The zero-order valence-electron chi connectivity index (χ0n) is 10.9. The van der Waals surface area contributed by atoms with Crippen LogP contribution in [0.25, 0.3) is 5.70 Å². The summed E-state index contributed by atoms with van der Waals surface area (Å²) >= 11 is 0. The Labute approximate surface area is 111 Å². The Kier molecular flexibility index (Phi) is 3.62. The molecule has 1 aliphatic rings. The molecule has 0 radical (unpaired) electrons. The molecular weight excluding hydrogens is 242 g/mol. The summed E-state index contributed by atoms with van der Waals surface area (Å²) in [7, 11) is 3.08. The van der Waals surface area contributed by atoms with Crippen LogP contribution in [0.5, 0.6) is 11.5 Å². The third-order valence-corrected chi connectivity index (χ3v) is 2.89. The lowest BCUT2D eigenvalue weighted by molar-refractivity contribution is 0.354. The zero-order valence-corrected chi connectivity index (χ0v) is 10.9. The number of nitrogen functional groups attached to an aromatic ring is 1. The second kappa shape index (κ2) is 5.36. The van der Waals surface area contributed by atoms with Crippen molar-refractivity contribution in [1.82, 2.24) is 5.32 Å². The molecule has 0 bridgehead atoms. The van der Waals surface area contributed by atoms with Gasteiger partial charge < -0.3 is 20.5 Å². The molecule has 0 saturated heterocycles. The number of hydrogen-bond acceptors (Lipinski definition) is 5. The van der Waals surface area contributed by atoms with Gasteiger partial charge in [0, 0.05) is 18.3 Å². The summed E-state index contributed by atoms with van der Waals surface area (Å²) < 4.78 is 10.6. The molecule has 2 rings (SSSR count). The molecule has 1 aromatic carbocycles. The van der Waals surface area contributed by atoms with Gasteiger partial charge in [-0.15, -0.1) is 0 Å². The molecule has 98 valence electrons. The fraction of sp³-hybridized carbons (Fsp3) is 0.214. The maximum atomic E-state index is 9.31. The molecule has 3 N–H and O–H groups in total. The molecule has 1 aromatic rings. The lowest BCUT2D eigenvalue weighted by atomic mass is 10.00. The van der Waals surface area contributed by atoms with Gasteiger partial charge in [-0.2, -0.15) is 5.26 Å². The maximum Gasteiger partial charge on any atom is 0.171 e. The van der Waals surface area contributed by atoms with E-state index in [1.165, 1.54) is 14.2 Å². The molecular formula is C14H15N3O2. The number of hydrogen-bond donors (Lipinski definition) is 2. The highest BCUT2D eigenvalue weighted by atomic mass is 16.5. The van der Waals surface area contributed by atoms with Gasteiger partial charge in [0.1, 0.15) is 6.07 Å². The van der Waals surface area contributed by atoms with Crippen molar-refractivity contribution < 1.29 is 9.47 Å². The number of benzene rings is 1. The van der Waals surface area contributed by atoms with Crippen LogP contribution in [0.3, 0.4) is 0 Å². The smallest absolute Gasteiger partial charge is 0.171 e. The number of nitrogens with zero attached hydrogens (tertiary/aromatic N) is 1. The maximum absolute atomic E-state index is 9.31. The van der Waals surface area contributed by atoms with Crippen molar-refractivity contribution >= 4 is 11.4 Å². The Morgan fingerprint density at radius 3 is 2.68 bits per heavy atom. The Morgan fingerprint density at radius 2 is 2.16 bits per heavy atom. The Bertz CT molecular complexity index is 598. The molecule has 0 saturated carbocycles. The van der Waals surface area contributed by atoms with Gasteiger partial charge in [0.05, 0.1) is 31.0 Å². The van der Waals surface area contributed by atoms with Crippen LogP contribution >= 0.6 is 0 Å². The zero-order chi connectivity index (χ0) is 13.8. The van der Waals surface area contributed by atoms with Gasteiger partial charge in [-0.25, -0.2) is 0 Å². The SMILES string of the molecule is COc1cc(N)c(C#N)c(C2=CC=CCN2)c1OC. The minimum absolute atomic E-state index is 0.368. The summed E-state index contributed by atoms with van der Waals surface area (Å²) in [5, 5.41) is 12.5. The quantitative estimate of drug-likeness (QED) is 0.805. The summed E-state index contributed by atoms with van der Waals surface area (Å²) in [5.74, 6) is 1.01. The number of allylic oxidation sites excluding steroid dienone is 2. The highest BCUT2D eigenvalue weighted by molar-refractivity contribution is 5.83. The van der Waals surface area contributed by atoms with Gasteiger partial charge >= 0.3 is 0 Å². The van der Waals surface area contributed by atoms with E-state index in [-0.39, 0.29) is 0 Å². The van der Waals surface area contributed by atoms with E-state index >= 15 is 0 Å². The monoisotopic (exact) mass is 257 g/mol. The van der Waals surface area contributed by atoms with Gasteiger partial charge in [0.25, 0.3) is 0 Å². The number of rotatable bonds is 3. The molecule has 5 heteroatoms. The minimum Gasteiger partial charge on any atom is -0.493 e. The van der Waals surface area contributed by atoms with E-state index in [0.717, 1.165) is 5.70 Å². The van der Waals surface area contributed by atoms with Crippen molar-refractivity contribution in [2.75, 3.05) is 26.5 Å². The highest BCUT2D eigenvalue weighted by Crippen LogP contribution is 2.40. The van der Waals surface area contributed by atoms with E-state index in [2.05, 4.69) is 11.4 Å². The summed E-state index contributed by atoms with van der Waals surface area (Å²) in [6.07, 6.45) is 5.77. The lowest BCUT2D eigenvalue weighted by Crippen LogP contribution is -2.16. The van der Waals surface area contributed by atoms with Crippen LogP contribution in [0.1, 0.15) is 11.1 Å². The van der Waals surface area contributed by atoms with Crippen LogP contribution in [-0.2, 0) is 0 Å². The third kappa shape index (κ3) is 2.20. The number of nitriles is 1. The highest BCUT2D eigenvalue weighted by Gasteiger charge is 2.21. The topological polar surface area (TPSA) is 80.3 Å². The van der Waals surface area contributed by atoms with E-state index in [0.29, 0.717) is 34.9 Å². The van der Waals surface area contributed by atoms with Crippen LogP contribution in [0.2, 0.25) is 0 Å². The molecule has 0 unspecified atom stereocenters. The van der Waals surface area contributed by atoms with Crippen molar-refractivity contribution in [2.24, 2.45) is 0 Å². The van der Waals surface area contributed by atoms with E-state index in [1.54, 1.807) is 6.07 Å². The molecule has 0 atom stereocenters. The first-order chi connectivity index (χ1) is 9.22. The van der Waals surface area contributed by atoms with Crippen LogP contribution in [0.4, 0.5) is 5.69 Å². The molecule has 1 heterocycles. The van der Waals surface area contributed by atoms with Gasteiger partial charge in [0.15, 0.2) is 11.5 Å². The van der Waals surface area contributed by atoms with Crippen LogP contribution in [-0.4, -0.2) is 20.8 Å².